The van der Waals surface area contributed by atoms with E-state index in [4.69, 9.17) is 10.6 Å². The Morgan fingerprint density at radius 1 is 1.67 bits per heavy atom. The van der Waals surface area contributed by atoms with E-state index in [9.17, 15) is 14.4 Å². The molecule has 1 fully saturated rings. The second-order valence-corrected chi connectivity index (χ2v) is 3.99. The standard InChI is InChI=1S/C10H18N4O4/c1-3-6-9(16)12-8(15)4-14(6)7(5-18-2)10(17)13-11/h6-7H,3-5,11H2,1-2H3,(H,13,17)(H,12,15,16). The molecule has 0 bridgehead atoms. The number of carbonyl (C=O) groups excluding carboxylic acids is 3. The molecule has 4 N–H and O–H groups in total. The zero-order valence-corrected chi connectivity index (χ0v) is 10.4. The normalized spacial score (nSPS) is 22.5. The minimum atomic E-state index is -0.764. The number of imide groups is 1. The van der Waals surface area contributed by atoms with Gasteiger partial charge in [0.15, 0.2) is 0 Å². The number of rotatable bonds is 5. The molecule has 0 aromatic carbocycles. The van der Waals surface area contributed by atoms with Crippen LogP contribution >= 0.6 is 0 Å². The third-order valence-electron chi connectivity index (χ3n) is 2.85. The Balaban J connectivity index is 2.94. The highest BCUT2D eigenvalue weighted by molar-refractivity contribution is 6.01. The third-order valence-corrected chi connectivity index (χ3v) is 2.85. The molecule has 1 aliphatic rings. The summed E-state index contributed by atoms with van der Waals surface area (Å²) in [6.45, 7) is 1.82. The van der Waals surface area contributed by atoms with Gasteiger partial charge in [-0.1, -0.05) is 6.92 Å². The van der Waals surface area contributed by atoms with E-state index in [0.29, 0.717) is 6.42 Å². The van der Waals surface area contributed by atoms with Gasteiger partial charge in [-0.15, -0.1) is 0 Å². The minimum Gasteiger partial charge on any atom is -0.383 e. The molecule has 2 unspecified atom stereocenters. The van der Waals surface area contributed by atoms with Crippen LogP contribution in [0.3, 0.4) is 0 Å². The summed E-state index contributed by atoms with van der Waals surface area (Å²) in [7, 11) is 1.43. The average molecular weight is 258 g/mol. The van der Waals surface area contributed by atoms with Gasteiger partial charge in [-0.2, -0.15) is 0 Å². The van der Waals surface area contributed by atoms with Gasteiger partial charge in [0.05, 0.1) is 19.2 Å². The zero-order valence-electron chi connectivity index (χ0n) is 10.4. The molecule has 3 amide bonds. The highest BCUT2D eigenvalue weighted by Gasteiger charge is 2.39. The molecule has 0 aliphatic carbocycles. The number of nitrogens with two attached hydrogens (primary N) is 1. The van der Waals surface area contributed by atoms with E-state index >= 15 is 0 Å². The summed E-state index contributed by atoms with van der Waals surface area (Å²) < 4.78 is 4.94. The third kappa shape index (κ3) is 3.03. The number of hydrogen-bond acceptors (Lipinski definition) is 6. The van der Waals surface area contributed by atoms with Crippen molar-refractivity contribution >= 4 is 17.7 Å². The molecule has 1 aliphatic heterocycles. The van der Waals surface area contributed by atoms with E-state index in [1.807, 2.05) is 5.43 Å². The van der Waals surface area contributed by atoms with E-state index in [0.717, 1.165) is 0 Å². The maximum absolute atomic E-state index is 11.7. The molecule has 0 aromatic rings. The van der Waals surface area contributed by atoms with E-state index < -0.39 is 29.8 Å². The van der Waals surface area contributed by atoms with Gasteiger partial charge in [0, 0.05) is 7.11 Å². The van der Waals surface area contributed by atoms with Crippen molar-refractivity contribution in [2.75, 3.05) is 20.3 Å². The Hall–Kier alpha value is -1.51. The molecule has 1 rings (SSSR count). The Labute approximate surface area is 105 Å². The quantitative estimate of drug-likeness (QED) is 0.222. The lowest BCUT2D eigenvalue weighted by molar-refractivity contribution is -0.145. The highest BCUT2D eigenvalue weighted by atomic mass is 16.5. The predicted molar refractivity (Wildman–Crippen MR) is 61.9 cm³/mol. The number of amides is 3. The molecule has 8 heteroatoms. The molecule has 0 radical (unpaired) electrons. The molecule has 1 saturated heterocycles. The van der Waals surface area contributed by atoms with Crippen LogP contribution in [0.1, 0.15) is 13.3 Å². The summed E-state index contributed by atoms with van der Waals surface area (Å²) in [4.78, 5) is 36.3. The Morgan fingerprint density at radius 2 is 2.33 bits per heavy atom. The van der Waals surface area contributed by atoms with E-state index in [-0.39, 0.29) is 13.2 Å². The van der Waals surface area contributed by atoms with Crippen LogP contribution < -0.4 is 16.6 Å². The minimum absolute atomic E-state index is 0.0360. The topological polar surface area (TPSA) is 114 Å². The summed E-state index contributed by atoms with van der Waals surface area (Å²) in [6, 6.07) is -1.31. The van der Waals surface area contributed by atoms with Crippen molar-refractivity contribution in [3.05, 3.63) is 0 Å². The Kier molecular flexibility index (Phi) is 5.20. The van der Waals surface area contributed by atoms with E-state index in [1.165, 1.54) is 12.0 Å². The first-order valence-electron chi connectivity index (χ1n) is 5.64. The molecular weight excluding hydrogens is 240 g/mol. The molecule has 8 nitrogen and oxygen atoms in total. The second kappa shape index (κ2) is 6.43. The largest absolute Gasteiger partial charge is 0.383 e. The van der Waals surface area contributed by atoms with Crippen LogP contribution in [0.15, 0.2) is 0 Å². The fourth-order valence-corrected chi connectivity index (χ4v) is 2.01. The van der Waals surface area contributed by atoms with Crippen LogP contribution in [-0.4, -0.2) is 55.0 Å². The number of ether oxygens (including phenoxy) is 1. The summed E-state index contributed by atoms with van der Waals surface area (Å²) in [5, 5.41) is 2.24. The Bertz CT molecular complexity index is 347. The molecule has 0 saturated carbocycles. The molecule has 102 valence electrons. The number of nitrogens with one attached hydrogen (secondary N) is 2. The van der Waals surface area contributed by atoms with Crippen LogP contribution in [0.2, 0.25) is 0 Å². The number of hydrazine groups is 1. The molecule has 0 aromatic heterocycles. The van der Waals surface area contributed by atoms with Gasteiger partial charge in [-0.3, -0.25) is 30.0 Å². The van der Waals surface area contributed by atoms with Crippen LogP contribution in [0.4, 0.5) is 0 Å². The molecule has 1 heterocycles. The fraction of sp³-hybridized carbons (Fsp3) is 0.700. The smallest absolute Gasteiger partial charge is 0.253 e. The van der Waals surface area contributed by atoms with Gasteiger partial charge < -0.3 is 4.74 Å². The summed E-state index contributed by atoms with van der Waals surface area (Å²) >= 11 is 0. The van der Waals surface area contributed by atoms with Crippen molar-refractivity contribution in [1.29, 1.82) is 0 Å². The van der Waals surface area contributed by atoms with Crippen molar-refractivity contribution in [1.82, 2.24) is 15.6 Å². The first-order chi connectivity index (χ1) is 8.54. The number of piperazine rings is 1. The van der Waals surface area contributed by atoms with Crippen LogP contribution in [-0.2, 0) is 19.1 Å². The monoisotopic (exact) mass is 258 g/mol. The van der Waals surface area contributed by atoms with Gasteiger partial charge in [-0.25, -0.2) is 5.84 Å². The second-order valence-electron chi connectivity index (χ2n) is 3.99. The highest BCUT2D eigenvalue weighted by Crippen LogP contribution is 2.13. The van der Waals surface area contributed by atoms with Gasteiger partial charge >= 0.3 is 0 Å². The van der Waals surface area contributed by atoms with Crippen molar-refractivity contribution in [2.45, 2.75) is 25.4 Å². The predicted octanol–water partition coefficient (Wildman–Crippen LogP) is -2.27. The van der Waals surface area contributed by atoms with Crippen molar-refractivity contribution < 1.29 is 19.1 Å². The SMILES string of the molecule is CCC1C(=O)NC(=O)CN1C(COC)C(=O)NN. The van der Waals surface area contributed by atoms with E-state index in [1.54, 1.807) is 6.92 Å². The molecule has 0 spiro atoms. The van der Waals surface area contributed by atoms with Gasteiger partial charge in [0.1, 0.15) is 6.04 Å². The lowest BCUT2D eigenvalue weighted by Crippen LogP contribution is -2.64. The van der Waals surface area contributed by atoms with E-state index in [2.05, 4.69) is 5.32 Å². The van der Waals surface area contributed by atoms with Crippen molar-refractivity contribution in [2.24, 2.45) is 5.84 Å². The Morgan fingerprint density at radius 3 is 2.83 bits per heavy atom. The fourth-order valence-electron chi connectivity index (χ4n) is 2.01. The zero-order chi connectivity index (χ0) is 13.7. The molecule has 18 heavy (non-hydrogen) atoms. The molecule has 2 atom stereocenters. The molecular formula is C10H18N4O4. The summed E-state index contributed by atoms with van der Waals surface area (Å²) in [6.07, 6.45) is 0.483. The van der Waals surface area contributed by atoms with Crippen LogP contribution in [0.5, 0.6) is 0 Å². The lowest BCUT2D eigenvalue weighted by Gasteiger charge is -2.37. The first kappa shape index (κ1) is 14.6. The number of methoxy groups -OCH3 is 1. The average Bonchev–Trinajstić information content (AvgIpc) is 2.34. The maximum Gasteiger partial charge on any atom is 0.253 e. The van der Waals surface area contributed by atoms with Crippen molar-refractivity contribution in [3.8, 4) is 0 Å². The van der Waals surface area contributed by atoms with Crippen LogP contribution in [0, 0.1) is 0 Å². The van der Waals surface area contributed by atoms with Gasteiger partial charge in [0.2, 0.25) is 11.8 Å². The van der Waals surface area contributed by atoms with Gasteiger partial charge in [0.25, 0.3) is 5.91 Å². The van der Waals surface area contributed by atoms with Gasteiger partial charge in [-0.05, 0) is 6.42 Å². The summed E-state index contributed by atoms with van der Waals surface area (Å²) in [5.41, 5.74) is 2.02. The first-order valence-corrected chi connectivity index (χ1v) is 5.64. The number of nitrogens with zero attached hydrogens (tertiary/aromatic N) is 1. The lowest BCUT2D eigenvalue weighted by atomic mass is 10.1. The van der Waals surface area contributed by atoms with Crippen LogP contribution in [0.25, 0.3) is 0 Å². The number of hydrogen-bond donors (Lipinski definition) is 3. The number of carbonyl (C=O) groups is 3. The summed E-state index contributed by atoms with van der Waals surface area (Å²) in [5.74, 6) is 3.77. The van der Waals surface area contributed by atoms with Crippen molar-refractivity contribution in [3.63, 3.8) is 0 Å². The maximum atomic E-state index is 11.7.